The third-order valence-corrected chi connectivity index (χ3v) is 7.59. The van der Waals surface area contributed by atoms with Crippen molar-refractivity contribution in [2.75, 3.05) is 6.54 Å². The maximum Gasteiger partial charge on any atom is 0.408 e. The fourth-order valence-electron chi connectivity index (χ4n) is 5.69. The first-order chi connectivity index (χ1) is 20.0. The quantitative estimate of drug-likeness (QED) is 0.322. The van der Waals surface area contributed by atoms with E-state index in [1.165, 1.54) is 0 Å². The van der Waals surface area contributed by atoms with Crippen LogP contribution < -0.4 is 10.6 Å². The summed E-state index contributed by atoms with van der Waals surface area (Å²) in [5.41, 5.74) is 1.97. The normalized spacial score (nSPS) is 21.8. The Morgan fingerprint density at radius 3 is 2.33 bits per heavy atom. The molecule has 0 radical (unpaired) electrons. The number of carbonyl (C=O) groups excluding carboxylic acids is 3. The number of nitrogens with one attached hydrogen (secondary N) is 2. The number of aryl methyl sites for hydroxylation is 1. The third-order valence-electron chi connectivity index (χ3n) is 7.59. The Balaban J connectivity index is 1.43. The molecule has 0 aromatic heterocycles. The maximum absolute atomic E-state index is 13.6. The molecule has 226 valence electrons. The minimum absolute atomic E-state index is 0.0176. The lowest BCUT2D eigenvalue weighted by Gasteiger charge is -2.29. The summed E-state index contributed by atoms with van der Waals surface area (Å²) in [6.07, 6.45) is 1.52. The number of carboxylic acid groups (broad SMARTS) is 1. The Hall–Kier alpha value is -3.92. The zero-order chi connectivity index (χ0) is 30.3. The van der Waals surface area contributed by atoms with Gasteiger partial charge in [-0.1, -0.05) is 54.6 Å². The first-order valence-electron chi connectivity index (χ1n) is 14.4. The zero-order valence-electron chi connectivity index (χ0n) is 24.3. The molecular weight excluding hydrogens is 540 g/mol. The van der Waals surface area contributed by atoms with E-state index in [0.29, 0.717) is 12.8 Å². The van der Waals surface area contributed by atoms with E-state index >= 15 is 0 Å². The van der Waals surface area contributed by atoms with E-state index < -0.39 is 35.6 Å². The number of fused-ring (bicyclic) bond motifs is 2. The van der Waals surface area contributed by atoms with Crippen LogP contribution in [0.3, 0.4) is 0 Å². The monoisotopic (exact) mass is 580 g/mol. The summed E-state index contributed by atoms with van der Waals surface area (Å²) < 4.78 is 16.9. The van der Waals surface area contributed by atoms with Crippen molar-refractivity contribution in [3.05, 3.63) is 71.3 Å². The molecule has 2 saturated heterocycles. The summed E-state index contributed by atoms with van der Waals surface area (Å²) in [6.45, 7) is 4.98. The maximum atomic E-state index is 13.6. The number of rotatable bonds is 12. The molecule has 3 N–H and O–H groups in total. The van der Waals surface area contributed by atoms with E-state index in [-0.39, 0.29) is 43.6 Å². The van der Waals surface area contributed by atoms with Gasteiger partial charge in [0.1, 0.15) is 18.2 Å². The standard InChI is InChI=1S/C32H40N2O8/c1-32(2,3)42-31(39)34-24(30(38)40-19-20-9-5-4-6-10-20)18-33-29(37)28-23(25-14-15-26(28)41-25)17-22-12-8-7-11-21(22)13-16-27(35)36/h4-12,23-26,28H,13-19H2,1-3H3,(H,33,37)(H,34,39)(H,35,36)/t23-,24?,25-,26+,28-/m0/s1. The van der Waals surface area contributed by atoms with E-state index in [1.807, 2.05) is 54.6 Å². The molecular formula is C32H40N2O8. The van der Waals surface area contributed by atoms with Gasteiger partial charge in [0.2, 0.25) is 5.91 Å². The molecule has 2 aliphatic heterocycles. The summed E-state index contributed by atoms with van der Waals surface area (Å²) in [4.78, 5) is 50.3. The van der Waals surface area contributed by atoms with Gasteiger partial charge in [0.15, 0.2) is 0 Å². The van der Waals surface area contributed by atoms with Crippen molar-refractivity contribution in [1.82, 2.24) is 10.6 Å². The first kappa shape index (κ1) is 31.0. The Bertz CT molecular complexity index is 1260. The topological polar surface area (TPSA) is 140 Å². The van der Waals surface area contributed by atoms with Crippen molar-refractivity contribution in [3.8, 4) is 0 Å². The number of benzene rings is 2. The van der Waals surface area contributed by atoms with Gasteiger partial charge in [-0.2, -0.15) is 0 Å². The molecule has 0 spiro atoms. The molecule has 1 unspecified atom stereocenters. The van der Waals surface area contributed by atoms with Gasteiger partial charge in [0.25, 0.3) is 0 Å². The number of hydrogen-bond acceptors (Lipinski definition) is 7. The molecule has 0 saturated carbocycles. The van der Waals surface area contributed by atoms with E-state index in [1.54, 1.807) is 20.8 Å². The van der Waals surface area contributed by atoms with Crippen molar-refractivity contribution in [2.45, 2.75) is 83.3 Å². The van der Waals surface area contributed by atoms with Crippen molar-refractivity contribution in [1.29, 1.82) is 0 Å². The molecule has 2 aromatic carbocycles. The number of alkyl carbamates (subject to hydrolysis) is 1. The van der Waals surface area contributed by atoms with Crippen LogP contribution in [0.1, 0.15) is 56.7 Å². The molecule has 5 atom stereocenters. The van der Waals surface area contributed by atoms with Crippen LogP contribution in [0.5, 0.6) is 0 Å². The summed E-state index contributed by atoms with van der Waals surface area (Å²) in [6, 6.07) is 15.7. The van der Waals surface area contributed by atoms with Gasteiger partial charge in [-0.05, 0) is 63.1 Å². The van der Waals surface area contributed by atoms with Crippen molar-refractivity contribution in [2.24, 2.45) is 11.8 Å². The smallest absolute Gasteiger partial charge is 0.408 e. The highest BCUT2D eigenvalue weighted by molar-refractivity contribution is 5.84. The third kappa shape index (κ3) is 8.55. The van der Waals surface area contributed by atoms with Gasteiger partial charge in [0.05, 0.1) is 18.1 Å². The lowest BCUT2D eigenvalue weighted by atomic mass is 9.75. The lowest BCUT2D eigenvalue weighted by Crippen LogP contribution is -2.52. The Labute approximate surface area is 246 Å². The van der Waals surface area contributed by atoms with Gasteiger partial charge in [-0.3, -0.25) is 9.59 Å². The summed E-state index contributed by atoms with van der Waals surface area (Å²) >= 11 is 0. The van der Waals surface area contributed by atoms with Crippen LogP contribution in [0.25, 0.3) is 0 Å². The highest BCUT2D eigenvalue weighted by atomic mass is 16.6. The van der Waals surface area contributed by atoms with Crippen molar-refractivity contribution in [3.63, 3.8) is 0 Å². The van der Waals surface area contributed by atoms with Crippen molar-refractivity contribution < 1.29 is 38.5 Å². The summed E-state index contributed by atoms with van der Waals surface area (Å²) in [5, 5.41) is 14.6. The van der Waals surface area contributed by atoms with Crippen LogP contribution in [0.4, 0.5) is 4.79 Å². The predicted molar refractivity (Wildman–Crippen MR) is 153 cm³/mol. The van der Waals surface area contributed by atoms with Gasteiger partial charge < -0.3 is 30.0 Å². The van der Waals surface area contributed by atoms with E-state index in [2.05, 4.69) is 10.6 Å². The molecule has 42 heavy (non-hydrogen) atoms. The van der Waals surface area contributed by atoms with Gasteiger partial charge in [0, 0.05) is 18.9 Å². The van der Waals surface area contributed by atoms with Crippen LogP contribution in [0.2, 0.25) is 0 Å². The molecule has 2 aromatic rings. The number of ether oxygens (including phenoxy) is 3. The number of hydrogen-bond donors (Lipinski definition) is 3. The second-order valence-electron chi connectivity index (χ2n) is 11.9. The van der Waals surface area contributed by atoms with Crippen LogP contribution in [0, 0.1) is 11.8 Å². The largest absolute Gasteiger partial charge is 0.481 e. The second-order valence-corrected chi connectivity index (χ2v) is 11.9. The van der Waals surface area contributed by atoms with Crippen LogP contribution in [0.15, 0.2) is 54.6 Å². The SMILES string of the molecule is CC(C)(C)OC(=O)NC(CNC(=O)[C@H]1[C@@H](Cc2ccccc2CCC(=O)O)[C@@H]2CC[C@H]1O2)C(=O)OCc1ccccc1. The Morgan fingerprint density at radius 2 is 1.64 bits per heavy atom. The number of carboxylic acids is 1. The molecule has 0 aliphatic carbocycles. The van der Waals surface area contributed by atoms with Crippen LogP contribution in [-0.2, 0) is 48.0 Å². The fourth-order valence-corrected chi connectivity index (χ4v) is 5.69. The fraction of sp³-hybridized carbons (Fsp3) is 0.500. The molecule has 2 fully saturated rings. The highest BCUT2D eigenvalue weighted by Crippen LogP contribution is 2.45. The Morgan fingerprint density at radius 1 is 0.976 bits per heavy atom. The highest BCUT2D eigenvalue weighted by Gasteiger charge is 2.52. The zero-order valence-corrected chi connectivity index (χ0v) is 24.3. The molecule has 2 bridgehead atoms. The number of esters is 1. The van der Waals surface area contributed by atoms with E-state index in [0.717, 1.165) is 29.5 Å². The summed E-state index contributed by atoms with van der Waals surface area (Å²) in [5.74, 6) is -2.36. The summed E-state index contributed by atoms with van der Waals surface area (Å²) in [7, 11) is 0. The average Bonchev–Trinajstić information content (AvgIpc) is 3.55. The van der Waals surface area contributed by atoms with E-state index in [4.69, 9.17) is 19.3 Å². The van der Waals surface area contributed by atoms with E-state index in [9.17, 15) is 19.2 Å². The predicted octanol–water partition coefficient (Wildman–Crippen LogP) is 3.79. The van der Waals surface area contributed by atoms with Gasteiger partial charge in [-0.25, -0.2) is 9.59 Å². The minimum Gasteiger partial charge on any atom is -0.481 e. The van der Waals surface area contributed by atoms with Gasteiger partial charge in [-0.15, -0.1) is 0 Å². The van der Waals surface area contributed by atoms with Crippen LogP contribution in [-0.4, -0.2) is 59.4 Å². The second kappa shape index (κ2) is 13.8. The Kier molecular flexibility index (Phi) is 10.2. The molecule has 2 amide bonds. The minimum atomic E-state index is -1.16. The number of carbonyl (C=O) groups is 4. The molecule has 2 aliphatic rings. The van der Waals surface area contributed by atoms with Crippen molar-refractivity contribution >= 4 is 23.9 Å². The number of aliphatic carboxylic acids is 1. The molecule has 4 rings (SSSR count). The molecule has 10 heteroatoms. The average molecular weight is 581 g/mol. The lowest BCUT2D eigenvalue weighted by molar-refractivity contribution is -0.147. The first-order valence-corrected chi connectivity index (χ1v) is 14.4. The van der Waals surface area contributed by atoms with Gasteiger partial charge >= 0.3 is 18.0 Å². The van der Waals surface area contributed by atoms with Crippen LogP contribution >= 0.6 is 0 Å². The molecule has 10 nitrogen and oxygen atoms in total. The number of amides is 2. The molecule has 2 heterocycles.